The van der Waals surface area contributed by atoms with Gasteiger partial charge in [-0.05, 0) is 93.7 Å². The van der Waals surface area contributed by atoms with Crippen molar-refractivity contribution in [2.75, 3.05) is 0 Å². The van der Waals surface area contributed by atoms with Gasteiger partial charge < -0.3 is 0 Å². The van der Waals surface area contributed by atoms with Crippen LogP contribution in [-0.2, 0) is 12.8 Å². The lowest BCUT2D eigenvalue weighted by Gasteiger charge is -2.09. The molecule has 0 amide bonds. The minimum Gasteiger partial charge on any atom is -0.290 e. The molecule has 4 nitrogen and oxygen atoms in total. The number of rotatable bonds is 0. The Bertz CT molecular complexity index is 2070. The van der Waals surface area contributed by atoms with Crippen molar-refractivity contribution in [3.8, 4) is 22.3 Å². The second-order valence-electron chi connectivity index (χ2n) is 9.76. The molecule has 0 spiro atoms. The fraction of sp³-hybridized carbons (Fsp3) is 0.0645. The number of pyridine rings is 3. The SMILES string of the molecule is c1ccc2c(c1)Cc1cc3c(cc1-2)Cc1cc2nc4c5ccncc5c5ccncc5n4c2cc1-3. The van der Waals surface area contributed by atoms with Crippen LogP contribution in [0.2, 0.25) is 0 Å². The smallest absolute Gasteiger partial charge is 0.146 e. The molecule has 4 heterocycles. The molecule has 3 aromatic carbocycles. The van der Waals surface area contributed by atoms with Gasteiger partial charge in [0.25, 0.3) is 0 Å². The zero-order valence-electron chi connectivity index (χ0n) is 18.8. The standard InChI is InChI=1S/C31H18N4/c1-2-4-21-17(3-1)9-18-12-25-19(11-24(18)21)10-20-13-28-29(14-26(20)25)35-30-16-33-7-5-22(30)27-15-32-8-6-23(27)31(35)34-28/h1-8,11-16H,9-10H2. The first-order valence-corrected chi connectivity index (χ1v) is 12.0. The van der Waals surface area contributed by atoms with E-state index < -0.39 is 0 Å². The molecule has 0 atom stereocenters. The zero-order valence-corrected chi connectivity index (χ0v) is 18.8. The Morgan fingerprint density at radius 3 is 2.20 bits per heavy atom. The molecule has 0 saturated heterocycles. The normalized spacial score (nSPS) is 13.5. The van der Waals surface area contributed by atoms with Crippen molar-refractivity contribution in [3.05, 3.63) is 108 Å². The molecule has 162 valence electrons. The minimum absolute atomic E-state index is 0.955. The zero-order chi connectivity index (χ0) is 22.7. The molecular weight excluding hydrogens is 428 g/mol. The summed E-state index contributed by atoms with van der Waals surface area (Å²) in [5.41, 5.74) is 15.3. The maximum Gasteiger partial charge on any atom is 0.146 e. The maximum atomic E-state index is 5.13. The van der Waals surface area contributed by atoms with Gasteiger partial charge in [-0.2, -0.15) is 0 Å². The van der Waals surface area contributed by atoms with E-state index in [2.05, 4.69) is 75.0 Å². The van der Waals surface area contributed by atoms with Crippen LogP contribution in [0.25, 0.3) is 60.6 Å². The second kappa shape index (κ2) is 6.10. The Balaban J connectivity index is 1.35. The van der Waals surface area contributed by atoms with Crippen LogP contribution in [0.15, 0.2) is 85.5 Å². The quantitative estimate of drug-likeness (QED) is 0.243. The first-order chi connectivity index (χ1) is 17.3. The van der Waals surface area contributed by atoms with Crippen LogP contribution < -0.4 is 0 Å². The van der Waals surface area contributed by atoms with Crippen LogP contribution in [-0.4, -0.2) is 19.4 Å². The monoisotopic (exact) mass is 446 g/mol. The van der Waals surface area contributed by atoms with Crippen molar-refractivity contribution < 1.29 is 0 Å². The fourth-order valence-corrected chi connectivity index (χ4v) is 6.42. The van der Waals surface area contributed by atoms with Gasteiger partial charge in [-0.25, -0.2) is 4.98 Å². The van der Waals surface area contributed by atoms with Crippen molar-refractivity contribution >= 4 is 38.4 Å². The third kappa shape index (κ3) is 2.20. The van der Waals surface area contributed by atoms with E-state index in [1.54, 1.807) is 0 Å². The van der Waals surface area contributed by atoms with Gasteiger partial charge in [0.1, 0.15) is 5.65 Å². The van der Waals surface area contributed by atoms with Crippen LogP contribution in [0, 0.1) is 0 Å². The molecule has 0 N–H and O–H groups in total. The average molecular weight is 447 g/mol. The van der Waals surface area contributed by atoms with E-state index in [0.717, 1.165) is 51.2 Å². The lowest BCUT2D eigenvalue weighted by molar-refractivity contribution is 1.24. The summed E-state index contributed by atoms with van der Waals surface area (Å²) in [4.78, 5) is 14.0. The summed E-state index contributed by atoms with van der Waals surface area (Å²) in [6.45, 7) is 0. The van der Waals surface area contributed by atoms with E-state index in [1.165, 1.54) is 44.5 Å². The fourth-order valence-electron chi connectivity index (χ4n) is 6.42. The van der Waals surface area contributed by atoms with Gasteiger partial charge in [0.05, 0.1) is 22.7 Å². The van der Waals surface area contributed by atoms with Crippen molar-refractivity contribution in [1.82, 2.24) is 19.4 Å². The molecule has 35 heavy (non-hydrogen) atoms. The molecule has 7 aromatic rings. The summed E-state index contributed by atoms with van der Waals surface area (Å²) in [6.07, 6.45) is 9.56. The highest BCUT2D eigenvalue weighted by Crippen LogP contribution is 2.46. The molecule has 2 aliphatic carbocycles. The van der Waals surface area contributed by atoms with Crippen molar-refractivity contribution in [2.24, 2.45) is 0 Å². The Labute approximate surface area is 200 Å². The highest BCUT2D eigenvalue weighted by Gasteiger charge is 2.26. The van der Waals surface area contributed by atoms with Crippen LogP contribution in [0.4, 0.5) is 0 Å². The van der Waals surface area contributed by atoms with E-state index in [1.807, 2.05) is 24.8 Å². The number of imidazole rings is 1. The van der Waals surface area contributed by atoms with Gasteiger partial charge in [-0.1, -0.05) is 24.3 Å². The van der Waals surface area contributed by atoms with E-state index in [4.69, 9.17) is 4.98 Å². The predicted molar refractivity (Wildman–Crippen MR) is 140 cm³/mol. The summed E-state index contributed by atoms with van der Waals surface area (Å²) in [5, 5.41) is 3.37. The molecule has 0 bridgehead atoms. The van der Waals surface area contributed by atoms with Gasteiger partial charge in [-0.15, -0.1) is 0 Å². The van der Waals surface area contributed by atoms with Crippen molar-refractivity contribution in [1.29, 1.82) is 0 Å². The van der Waals surface area contributed by atoms with Crippen LogP contribution in [0.1, 0.15) is 22.3 Å². The predicted octanol–water partition coefficient (Wildman–Crippen LogP) is 6.73. The van der Waals surface area contributed by atoms with Crippen molar-refractivity contribution in [3.63, 3.8) is 0 Å². The van der Waals surface area contributed by atoms with Gasteiger partial charge in [0.2, 0.25) is 0 Å². The van der Waals surface area contributed by atoms with Crippen LogP contribution >= 0.6 is 0 Å². The first kappa shape index (κ1) is 17.8. The molecule has 0 aliphatic heterocycles. The number of hydrogen-bond donors (Lipinski definition) is 0. The van der Waals surface area contributed by atoms with Gasteiger partial charge in [-0.3, -0.25) is 14.4 Å². The highest BCUT2D eigenvalue weighted by atomic mass is 15.0. The maximum absolute atomic E-state index is 5.13. The number of aromatic nitrogens is 4. The van der Waals surface area contributed by atoms with Gasteiger partial charge >= 0.3 is 0 Å². The van der Waals surface area contributed by atoms with E-state index in [-0.39, 0.29) is 0 Å². The number of nitrogens with zero attached hydrogens (tertiary/aromatic N) is 4. The molecule has 9 rings (SSSR count). The Hall–Kier alpha value is -4.57. The third-order valence-electron chi connectivity index (χ3n) is 7.96. The molecule has 4 heteroatoms. The Morgan fingerprint density at radius 2 is 1.29 bits per heavy atom. The van der Waals surface area contributed by atoms with E-state index in [0.29, 0.717) is 0 Å². The molecule has 0 saturated carbocycles. The molecule has 4 aromatic heterocycles. The summed E-state index contributed by atoms with van der Waals surface area (Å²) in [6, 6.07) is 22.5. The number of benzene rings is 3. The minimum atomic E-state index is 0.955. The van der Waals surface area contributed by atoms with E-state index >= 15 is 0 Å². The topological polar surface area (TPSA) is 43.1 Å². The lowest BCUT2D eigenvalue weighted by atomic mass is 9.98. The van der Waals surface area contributed by atoms with Crippen molar-refractivity contribution in [2.45, 2.75) is 12.8 Å². The molecular formula is C31H18N4. The first-order valence-electron chi connectivity index (χ1n) is 12.0. The number of hydrogen-bond acceptors (Lipinski definition) is 3. The van der Waals surface area contributed by atoms with Gasteiger partial charge in [0.15, 0.2) is 0 Å². The largest absolute Gasteiger partial charge is 0.290 e. The Morgan fingerprint density at radius 1 is 0.571 bits per heavy atom. The third-order valence-corrected chi connectivity index (χ3v) is 7.96. The van der Waals surface area contributed by atoms with Crippen LogP contribution in [0.3, 0.4) is 0 Å². The van der Waals surface area contributed by atoms with Gasteiger partial charge in [0, 0.05) is 34.7 Å². The summed E-state index contributed by atoms with van der Waals surface area (Å²) < 4.78 is 2.28. The molecule has 0 unspecified atom stereocenters. The van der Waals surface area contributed by atoms with Crippen LogP contribution in [0.5, 0.6) is 0 Å². The summed E-state index contributed by atoms with van der Waals surface area (Å²) >= 11 is 0. The lowest BCUT2D eigenvalue weighted by Crippen LogP contribution is -1.93. The molecule has 2 aliphatic rings. The highest BCUT2D eigenvalue weighted by molar-refractivity contribution is 6.13. The summed E-state index contributed by atoms with van der Waals surface area (Å²) in [5.74, 6) is 0. The van der Waals surface area contributed by atoms with E-state index in [9.17, 15) is 0 Å². The molecule has 0 radical (unpaired) electrons. The summed E-state index contributed by atoms with van der Waals surface area (Å²) in [7, 11) is 0. The molecule has 0 fully saturated rings. The Kier molecular flexibility index (Phi) is 3.11. The number of fused-ring (bicyclic) bond motifs is 14. The average Bonchev–Trinajstić information content (AvgIpc) is 3.56. The second-order valence-corrected chi connectivity index (χ2v) is 9.76.